The molecule has 0 bridgehead atoms. The van der Waals surface area contributed by atoms with E-state index >= 15 is 0 Å². The molecule has 110 valence electrons. The number of hydrogen-bond donors (Lipinski definition) is 2. The molecule has 0 amide bonds. The minimum absolute atomic E-state index is 0.391. The fourth-order valence-electron chi connectivity index (χ4n) is 1.77. The SMILES string of the molecule is CC(C)CCC(C)NCC(O)COCc1cccs1. The zero-order chi connectivity index (χ0) is 14.1. The van der Waals surface area contributed by atoms with Gasteiger partial charge in [-0.1, -0.05) is 19.9 Å². The van der Waals surface area contributed by atoms with Crippen LogP contribution < -0.4 is 5.32 Å². The number of thiophene rings is 1. The molecule has 1 heterocycles. The van der Waals surface area contributed by atoms with E-state index in [1.165, 1.54) is 11.3 Å². The van der Waals surface area contributed by atoms with E-state index in [0.717, 1.165) is 12.3 Å². The number of ether oxygens (including phenoxy) is 1. The van der Waals surface area contributed by atoms with Crippen molar-refractivity contribution in [3.8, 4) is 0 Å². The minimum atomic E-state index is -0.429. The van der Waals surface area contributed by atoms with Crippen LogP contribution in [0, 0.1) is 5.92 Å². The molecule has 1 aromatic rings. The molecule has 1 aromatic heterocycles. The van der Waals surface area contributed by atoms with Crippen LogP contribution in [-0.2, 0) is 11.3 Å². The van der Waals surface area contributed by atoms with E-state index in [1.807, 2.05) is 17.5 Å². The zero-order valence-electron chi connectivity index (χ0n) is 12.3. The third-order valence-electron chi connectivity index (χ3n) is 3.01. The van der Waals surface area contributed by atoms with E-state index in [2.05, 4.69) is 26.1 Å². The van der Waals surface area contributed by atoms with E-state index in [-0.39, 0.29) is 0 Å². The number of aliphatic hydroxyl groups excluding tert-OH is 1. The molecule has 1 rings (SSSR count). The molecule has 0 saturated carbocycles. The Labute approximate surface area is 121 Å². The Hall–Kier alpha value is -0.420. The highest BCUT2D eigenvalue weighted by Gasteiger charge is 2.08. The molecule has 2 unspecified atom stereocenters. The lowest BCUT2D eigenvalue weighted by Crippen LogP contribution is -2.36. The van der Waals surface area contributed by atoms with Gasteiger partial charge >= 0.3 is 0 Å². The molecule has 0 radical (unpaired) electrons. The molecule has 2 atom stereocenters. The molecule has 4 heteroatoms. The van der Waals surface area contributed by atoms with Crippen LogP contribution in [0.1, 0.15) is 38.5 Å². The van der Waals surface area contributed by atoms with Crippen molar-refractivity contribution < 1.29 is 9.84 Å². The van der Waals surface area contributed by atoms with Crippen molar-refractivity contribution >= 4 is 11.3 Å². The summed E-state index contributed by atoms with van der Waals surface area (Å²) in [6.45, 7) is 8.23. The summed E-state index contributed by atoms with van der Waals surface area (Å²) in [5.41, 5.74) is 0. The summed E-state index contributed by atoms with van der Waals surface area (Å²) < 4.78 is 5.49. The van der Waals surface area contributed by atoms with Gasteiger partial charge < -0.3 is 15.2 Å². The standard InChI is InChI=1S/C15H27NO2S/c1-12(2)6-7-13(3)16-9-14(17)10-18-11-15-5-4-8-19-15/h4-5,8,12-14,16-17H,6-7,9-11H2,1-3H3. The van der Waals surface area contributed by atoms with E-state index in [1.54, 1.807) is 11.3 Å². The van der Waals surface area contributed by atoms with Gasteiger partial charge in [-0.2, -0.15) is 0 Å². The van der Waals surface area contributed by atoms with Gasteiger partial charge in [-0.05, 0) is 37.1 Å². The summed E-state index contributed by atoms with van der Waals surface area (Å²) >= 11 is 1.68. The number of nitrogens with one attached hydrogen (secondary N) is 1. The van der Waals surface area contributed by atoms with Crippen molar-refractivity contribution in [3.05, 3.63) is 22.4 Å². The van der Waals surface area contributed by atoms with Gasteiger partial charge in [0.1, 0.15) is 0 Å². The van der Waals surface area contributed by atoms with Crippen LogP contribution in [0.25, 0.3) is 0 Å². The van der Waals surface area contributed by atoms with Gasteiger partial charge in [0, 0.05) is 17.5 Å². The Kier molecular flexibility index (Phi) is 8.30. The number of hydrogen-bond acceptors (Lipinski definition) is 4. The van der Waals surface area contributed by atoms with Crippen LogP contribution in [0.5, 0.6) is 0 Å². The lowest BCUT2D eigenvalue weighted by molar-refractivity contribution is 0.0286. The lowest BCUT2D eigenvalue weighted by atomic mass is 10.0. The number of rotatable bonds is 10. The maximum Gasteiger partial charge on any atom is 0.0897 e. The Morgan fingerprint density at radius 1 is 1.32 bits per heavy atom. The molecule has 0 aromatic carbocycles. The van der Waals surface area contributed by atoms with Gasteiger partial charge in [-0.3, -0.25) is 0 Å². The molecule has 19 heavy (non-hydrogen) atoms. The van der Waals surface area contributed by atoms with Crippen LogP contribution in [-0.4, -0.2) is 30.4 Å². The van der Waals surface area contributed by atoms with Gasteiger partial charge in [0.15, 0.2) is 0 Å². The molecule has 2 N–H and O–H groups in total. The van der Waals surface area contributed by atoms with E-state index in [9.17, 15) is 5.11 Å². The fourth-order valence-corrected chi connectivity index (χ4v) is 2.41. The molecular weight excluding hydrogens is 258 g/mol. The summed E-state index contributed by atoms with van der Waals surface area (Å²) in [6, 6.07) is 4.51. The van der Waals surface area contributed by atoms with Gasteiger partial charge in [-0.15, -0.1) is 11.3 Å². The first-order chi connectivity index (χ1) is 9.08. The second-order valence-corrected chi connectivity index (χ2v) is 6.56. The fraction of sp³-hybridized carbons (Fsp3) is 0.733. The maximum atomic E-state index is 9.82. The highest BCUT2D eigenvalue weighted by atomic mass is 32.1. The highest BCUT2D eigenvalue weighted by molar-refractivity contribution is 7.09. The molecule has 0 aliphatic rings. The Bertz CT molecular complexity index is 314. The first kappa shape index (κ1) is 16.6. The summed E-state index contributed by atoms with van der Waals surface area (Å²) in [6.07, 6.45) is 1.95. The Morgan fingerprint density at radius 3 is 2.74 bits per heavy atom. The first-order valence-corrected chi connectivity index (χ1v) is 7.97. The molecule has 0 spiro atoms. The third kappa shape index (κ3) is 8.37. The van der Waals surface area contributed by atoms with Crippen molar-refractivity contribution in [2.45, 2.75) is 52.4 Å². The molecule has 0 fully saturated rings. The second-order valence-electron chi connectivity index (χ2n) is 5.53. The summed E-state index contributed by atoms with van der Waals surface area (Å²) in [5, 5.41) is 15.2. The first-order valence-electron chi connectivity index (χ1n) is 7.09. The van der Waals surface area contributed by atoms with Crippen molar-refractivity contribution in [2.75, 3.05) is 13.2 Å². The molecule has 3 nitrogen and oxygen atoms in total. The molecule has 0 aliphatic heterocycles. The van der Waals surface area contributed by atoms with Gasteiger partial charge in [0.25, 0.3) is 0 Å². The second kappa shape index (κ2) is 9.48. The van der Waals surface area contributed by atoms with Gasteiger partial charge in [-0.25, -0.2) is 0 Å². The van der Waals surface area contributed by atoms with Crippen molar-refractivity contribution in [1.29, 1.82) is 0 Å². The van der Waals surface area contributed by atoms with E-state index in [4.69, 9.17) is 4.74 Å². The molecular formula is C15H27NO2S. The largest absolute Gasteiger partial charge is 0.389 e. The average molecular weight is 285 g/mol. The van der Waals surface area contributed by atoms with Crippen molar-refractivity contribution in [1.82, 2.24) is 5.32 Å². The van der Waals surface area contributed by atoms with Crippen molar-refractivity contribution in [2.24, 2.45) is 5.92 Å². The van der Waals surface area contributed by atoms with Crippen LogP contribution in [0.2, 0.25) is 0 Å². The lowest BCUT2D eigenvalue weighted by Gasteiger charge is -2.18. The topological polar surface area (TPSA) is 41.5 Å². The predicted molar refractivity (Wildman–Crippen MR) is 81.5 cm³/mol. The van der Waals surface area contributed by atoms with Gasteiger partial charge in [0.2, 0.25) is 0 Å². The smallest absolute Gasteiger partial charge is 0.0897 e. The number of aliphatic hydroxyl groups is 1. The van der Waals surface area contributed by atoms with E-state index in [0.29, 0.717) is 25.8 Å². The predicted octanol–water partition coefficient (Wildman–Crippen LogP) is 3.04. The van der Waals surface area contributed by atoms with Crippen LogP contribution in [0.3, 0.4) is 0 Å². The highest BCUT2D eigenvalue weighted by Crippen LogP contribution is 2.09. The third-order valence-corrected chi connectivity index (χ3v) is 3.86. The van der Waals surface area contributed by atoms with Crippen LogP contribution in [0.4, 0.5) is 0 Å². The average Bonchev–Trinajstić information content (AvgIpc) is 2.87. The monoisotopic (exact) mass is 285 g/mol. The Morgan fingerprint density at radius 2 is 2.11 bits per heavy atom. The summed E-state index contributed by atoms with van der Waals surface area (Å²) in [4.78, 5) is 1.20. The minimum Gasteiger partial charge on any atom is -0.389 e. The van der Waals surface area contributed by atoms with Gasteiger partial charge in [0.05, 0.1) is 19.3 Å². The Balaban J connectivity index is 2.02. The maximum absolute atomic E-state index is 9.82. The molecule has 0 saturated heterocycles. The van der Waals surface area contributed by atoms with E-state index < -0.39 is 6.10 Å². The normalized spacial score (nSPS) is 14.8. The van der Waals surface area contributed by atoms with Crippen LogP contribution >= 0.6 is 11.3 Å². The quantitative estimate of drug-likeness (QED) is 0.694. The summed E-state index contributed by atoms with van der Waals surface area (Å²) in [5.74, 6) is 0.739. The zero-order valence-corrected chi connectivity index (χ0v) is 13.1. The summed E-state index contributed by atoms with van der Waals surface area (Å²) in [7, 11) is 0. The van der Waals surface area contributed by atoms with Crippen molar-refractivity contribution in [3.63, 3.8) is 0 Å². The molecule has 0 aliphatic carbocycles. The van der Waals surface area contributed by atoms with Crippen LogP contribution in [0.15, 0.2) is 17.5 Å².